The molecule has 0 saturated heterocycles. The number of hydrogen-bond donors (Lipinski definition) is 2. The second kappa shape index (κ2) is 6.80. The minimum atomic E-state index is -0.531. The lowest BCUT2D eigenvalue weighted by atomic mass is 10.3. The lowest BCUT2D eigenvalue weighted by Crippen LogP contribution is -2.10. The van der Waals surface area contributed by atoms with Crippen LogP contribution >= 0.6 is 0 Å². The minimum absolute atomic E-state index is 0.312. The summed E-state index contributed by atoms with van der Waals surface area (Å²) in [5, 5.41) is 7.21. The van der Waals surface area contributed by atoms with Crippen LogP contribution in [0.4, 0.5) is 5.82 Å². The van der Waals surface area contributed by atoms with Gasteiger partial charge in [-0.25, -0.2) is 14.6 Å². The number of carbonyl (C=O) groups is 1. The third-order valence-electron chi connectivity index (χ3n) is 2.65. The molecular weight excluding hydrogens is 272 g/mol. The van der Waals surface area contributed by atoms with Crippen molar-refractivity contribution in [3.63, 3.8) is 0 Å². The third-order valence-corrected chi connectivity index (χ3v) is 2.65. The molecule has 8 heteroatoms. The number of hydrogen-bond acceptors (Lipinski definition) is 6. The fourth-order valence-corrected chi connectivity index (χ4v) is 1.71. The summed E-state index contributed by atoms with van der Waals surface area (Å²) in [5.41, 5.74) is 5.55. The van der Waals surface area contributed by atoms with E-state index < -0.39 is 5.91 Å². The van der Waals surface area contributed by atoms with Crippen LogP contribution in [0.3, 0.4) is 0 Å². The van der Waals surface area contributed by atoms with Gasteiger partial charge in [-0.05, 0) is 13.8 Å². The van der Waals surface area contributed by atoms with E-state index in [1.165, 1.54) is 17.1 Å². The second-order valence-electron chi connectivity index (χ2n) is 4.23. The number of rotatable bonds is 7. The van der Waals surface area contributed by atoms with Crippen LogP contribution in [0.2, 0.25) is 0 Å². The van der Waals surface area contributed by atoms with Gasteiger partial charge in [-0.2, -0.15) is 5.10 Å². The number of carbonyl (C=O) groups excluding carboxylic acids is 1. The number of ether oxygens (including phenoxy) is 1. The molecule has 8 nitrogen and oxygen atoms in total. The monoisotopic (exact) mass is 290 g/mol. The zero-order chi connectivity index (χ0) is 15.2. The number of nitrogens with one attached hydrogen (secondary N) is 1. The Morgan fingerprint density at radius 2 is 2.24 bits per heavy atom. The quantitative estimate of drug-likeness (QED) is 0.778. The molecule has 0 saturated carbocycles. The fourth-order valence-electron chi connectivity index (χ4n) is 1.71. The van der Waals surface area contributed by atoms with Crippen molar-refractivity contribution in [3.05, 3.63) is 29.8 Å². The third kappa shape index (κ3) is 3.76. The molecule has 112 valence electrons. The Balaban J connectivity index is 2.35. The van der Waals surface area contributed by atoms with Crippen molar-refractivity contribution in [1.29, 1.82) is 0 Å². The Morgan fingerprint density at radius 1 is 1.43 bits per heavy atom. The lowest BCUT2D eigenvalue weighted by molar-refractivity contribution is 0.100. The van der Waals surface area contributed by atoms with E-state index in [1.54, 1.807) is 6.07 Å². The molecule has 21 heavy (non-hydrogen) atoms. The van der Waals surface area contributed by atoms with Crippen LogP contribution in [0, 0.1) is 0 Å². The normalized spacial score (nSPS) is 10.6. The molecule has 0 aliphatic rings. The maximum absolute atomic E-state index is 11.1. The van der Waals surface area contributed by atoms with Gasteiger partial charge in [-0.1, -0.05) is 0 Å². The molecule has 0 bridgehead atoms. The van der Waals surface area contributed by atoms with Crippen molar-refractivity contribution in [3.8, 4) is 5.82 Å². The van der Waals surface area contributed by atoms with E-state index in [0.29, 0.717) is 36.2 Å². The zero-order valence-corrected chi connectivity index (χ0v) is 12.0. The highest BCUT2D eigenvalue weighted by atomic mass is 16.5. The van der Waals surface area contributed by atoms with Crippen molar-refractivity contribution in [2.75, 3.05) is 18.5 Å². The van der Waals surface area contributed by atoms with E-state index in [4.69, 9.17) is 10.5 Å². The van der Waals surface area contributed by atoms with Crippen molar-refractivity contribution in [2.24, 2.45) is 5.73 Å². The van der Waals surface area contributed by atoms with Gasteiger partial charge in [0.15, 0.2) is 11.6 Å². The Bertz CT molecular complexity index is 625. The summed E-state index contributed by atoms with van der Waals surface area (Å²) >= 11 is 0. The van der Waals surface area contributed by atoms with Gasteiger partial charge in [0.05, 0.1) is 11.8 Å². The first-order chi connectivity index (χ1) is 10.1. The molecular formula is C13H18N6O2. The highest BCUT2D eigenvalue weighted by Gasteiger charge is 2.10. The molecule has 0 radical (unpaired) electrons. The average molecular weight is 290 g/mol. The number of nitrogens with zero attached hydrogens (tertiary/aromatic N) is 4. The summed E-state index contributed by atoms with van der Waals surface area (Å²) in [5.74, 6) is 1.23. The topological polar surface area (TPSA) is 108 Å². The molecule has 2 aromatic heterocycles. The number of nitrogens with two attached hydrogens (primary N) is 1. The Hall–Kier alpha value is -2.48. The Labute approximate surface area is 122 Å². The summed E-state index contributed by atoms with van der Waals surface area (Å²) in [6.07, 6.45) is 2.93. The molecule has 0 aromatic carbocycles. The number of primary amides is 1. The lowest BCUT2D eigenvalue weighted by Gasteiger charge is -2.08. The van der Waals surface area contributed by atoms with Crippen LogP contribution in [0.25, 0.3) is 5.82 Å². The first kappa shape index (κ1) is 14.9. The largest absolute Gasteiger partial charge is 0.374 e. The van der Waals surface area contributed by atoms with Crippen molar-refractivity contribution in [1.82, 2.24) is 19.7 Å². The van der Waals surface area contributed by atoms with E-state index in [-0.39, 0.29) is 0 Å². The van der Waals surface area contributed by atoms with Gasteiger partial charge in [-0.3, -0.25) is 4.79 Å². The molecule has 3 N–H and O–H groups in total. The fraction of sp³-hybridized carbons (Fsp3) is 0.385. The van der Waals surface area contributed by atoms with Gasteiger partial charge in [0.25, 0.3) is 5.91 Å². The first-order valence-electron chi connectivity index (χ1n) is 6.68. The molecule has 0 aliphatic carbocycles. The maximum Gasteiger partial charge on any atom is 0.251 e. The first-order valence-corrected chi connectivity index (χ1v) is 6.68. The molecule has 2 rings (SSSR count). The van der Waals surface area contributed by atoms with Crippen LogP contribution in [-0.2, 0) is 11.3 Å². The number of aromatic nitrogens is 4. The van der Waals surface area contributed by atoms with Gasteiger partial charge in [0, 0.05) is 25.4 Å². The van der Waals surface area contributed by atoms with E-state index in [2.05, 4.69) is 20.4 Å². The molecule has 0 fully saturated rings. The molecule has 0 aliphatic heterocycles. The van der Waals surface area contributed by atoms with Gasteiger partial charge in [0.1, 0.15) is 12.4 Å². The maximum atomic E-state index is 11.1. The SMILES string of the molecule is CCNc1cc(-n2cc(C(N)=O)cn2)nc(COCC)n1. The summed E-state index contributed by atoms with van der Waals surface area (Å²) in [4.78, 5) is 19.8. The second-order valence-corrected chi connectivity index (χ2v) is 4.23. The highest BCUT2D eigenvalue weighted by Crippen LogP contribution is 2.12. The number of anilines is 1. The Morgan fingerprint density at radius 3 is 2.86 bits per heavy atom. The highest BCUT2D eigenvalue weighted by molar-refractivity contribution is 5.92. The molecule has 2 aromatic rings. The summed E-state index contributed by atoms with van der Waals surface area (Å²) < 4.78 is 6.81. The summed E-state index contributed by atoms with van der Waals surface area (Å²) in [7, 11) is 0. The van der Waals surface area contributed by atoms with Gasteiger partial charge < -0.3 is 15.8 Å². The van der Waals surface area contributed by atoms with Crippen LogP contribution in [-0.4, -0.2) is 38.8 Å². The molecule has 2 heterocycles. The molecule has 0 unspecified atom stereocenters. The van der Waals surface area contributed by atoms with E-state index in [1.807, 2.05) is 13.8 Å². The van der Waals surface area contributed by atoms with Gasteiger partial charge in [-0.15, -0.1) is 0 Å². The Kier molecular flexibility index (Phi) is 4.83. The predicted molar refractivity (Wildman–Crippen MR) is 77.2 cm³/mol. The van der Waals surface area contributed by atoms with E-state index in [0.717, 1.165) is 6.54 Å². The molecule has 1 amide bonds. The standard InChI is InChI=1S/C13H18N6O2/c1-3-15-10-5-12(18-11(17-10)8-21-4-2)19-7-9(6-16-19)13(14)20/h5-7H,3-4,8H2,1-2H3,(H2,14,20)(H,15,17,18). The van der Waals surface area contributed by atoms with Crippen LogP contribution in [0.1, 0.15) is 30.0 Å². The van der Waals surface area contributed by atoms with Crippen molar-refractivity contribution >= 4 is 11.7 Å². The summed E-state index contributed by atoms with van der Waals surface area (Å²) in [6, 6.07) is 1.75. The summed E-state index contributed by atoms with van der Waals surface area (Å²) in [6.45, 7) is 5.51. The van der Waals surface area contributed by atoms with Crippen molar-refractivity contribution < 1.29 is 9.53 Å². The van der Waals surface area contributed by atoms with Crippen LogP contribution < -0.4 is 11.1 Å². The van der Waals surface area contributed by atoms with Gasteiger partial charge >= 0.3 is 0 Å². The molecule has 0 atom stereocenters. The predicted octanol–water partition coefficient (Wildman–Crippen LogP) is 0.729. The van der Waals surface area contributed by atoms with Gasteiger partial charge in [0.2, 0.25) is 0 Å². The zero-order valence-electron chi connectivity index (χ0n) is 12.0. The average Bonchev–Trinajstić information content (AvgIpc) is 2.95. The smallest absolute Gasteiger partial charge is 0.251 e. The van der Waals surface area contributed by atoms with Crippen LogP contribution in [0.5, 0.6) is 0 Å². The van der Waals surface area contributed by atoms with Crippen LogP contribution in [0.15, 0.2) is 18.5 Å². The molecule has 0 spiro atoms. The van der Waals surface area contributed by atoms with Crippen molar-refractivity contribution in [2.45, 2.75) is 20.5 Å². The number of amides is 1. The minimum Gasteiger partial charge on any atom is -0.374 e. The van der Waals surface area contributed by atoms with E-state index in [9.17, 15) is 4.79 Å². The van der Waals surface area contributed by atoms with E-state index >= 15 is 0 Å².